The highest BCUT2D eigenvalue weighted by Crippen LogP contribution is 2.57. The fourth-order valence-corrected chi connectivity index (χ4v) is 8.50. The van der Waals surface area contributed by atoms with Crippen LogP contribution in [0.4, 0.5) is 0 Å². The standard InChI is InChI=1S/C17H17OPS2/c18-19(15-8-3-1-4-9-15,16-10-5-2-6-11-16)17-14-20-12-7-13-21-17/h1-6,8-11,14H,7,12-13H2. The molecule has 21 heavy (non-hydrogen) atoms. The van der Waals surface area contributed by atoms with E-state index < -0.39 is 7.14 Å². The zero-order valence-corrected chi connectivity index (χ0v) is 14.2. The molecule has 4 heteroatoms. The van der Waals surface area contributed by atoms with E-state index in [0.29, 0.717) is 0 Å². The van der Waals surface area contributed by atoms with E-state index in [1.807, 2.05) is 60.7 Å². The Kier molecular flexibility index (Phi) is 4.95. The Labute approximate surface area is 134 Å². The first kappa shape index (κ1) is 15.0. The first-order valence-corrected chi connectivity index (χ1v) is 10.7. The van der Waals surface area contributed by atoms with Gasteiger partial charge in [-0.25, -0.2) is 0 Å². The molecule has 0 radical (unpaired) electrons. The second kappa shape index (κ2) is 6.91. The summed E-state index contributed by atoms with van der Waals surface area (Å²) in [5.74, 6) is 2.16. The SMILES string of the molecule is O=P(C1=CSCCCS1)(c1ccccc1)c1ccccc1. The molecule has 0 fully saturated rings. The van der Waals surface area contributed by atoms with Crippen molar-refractivity contribution in [1.29, 1.82) is 0 Å². The third-order valence-corrected chi connectivity index (χ3v) is 9.51. The van der Waals surface area contributed by atoms with Crippen molar-refractivity contribution >= 4 is 41.3 Å². The van der Waals surface area contributed by atoms with Gasteiger partial charge in [0.2, 0.25) is 0 Å². The van der Waals surface area contributed by atoms with Gasteiger partial charge in [-0.3, -0.25) is 0 Å². The average Bonchev–Trinajstić information content (AvgIpc) is 2.85. The topological polar surface area (TPSA) is 17.1 Å². The first-order valence-electron chi connectivity index (χ1n) is 6.98. The number of hydrogen-bond donors (Lipinski definition) is 0. The van der Waals surface area contributed by atoms with E-state index in [1.165, 1.54) is 6.42 Å². The minimum atomic E-state index is -2.72. The predicted molar refractivity (Wildman–Crippen MR) is 97.4 cm³/mol. The van der Waals surface area contributed by atoms with E-state index in [9.17, 15) is 4.57 Å². The van der Waals surface area contributed by atoms with Crippen molar-refractivity contribution in [2.24, 2.45) is 0 Å². The van der Waals surface area contributed by atoms with Crippen LogP contribution in [-0.2, 0) is 4.57 Å². The summed E-state index contributed by atoms with van der Waals surface area (Å²) in [5.41, 5.74) is 0. The van der Waals surface area contributed by atoms with Gasteiger partial charge >= 0.3 is 0 Å². The molecule has 108 valence electrons. The van der Waals surface area contributed by atoms with Crippen molar-refractivity contribution in [3.63, 3.8) is 0 Å². The van der Waals surface area contributed by atoms with Crippen LogP contribution in [0.3, 0.4) is 0 Å². The Hall–Kier alpha value is -0.890. The van der Waals surface area contributed by atoms with Crippen LogP contribution in [0.25, 0.3) is 0 Å². The molecule has 0 bridgehead atoms. The normalized spacial score (nSPS) is 16.1. The molecular formula is C17H17OPS2. The molecule has 0 saturated carbocycles. The molecule has 1 nitrogen and oxygen atoms in total. The summed E-state index contributed by atoms with van der Waals surface area (Å²) in [7, 11) is -2.72. The van der Waals surface area contributed by atoms with E-state index in [-0.39, 0.29) is 0 Å². The minimum absolute atomic E-state index is 0.928. The molecule has 0 spiro atoms. The van der Waals surface area contributed by atoms with E-state index >= 15 is 0 Å². The van der Waals surface area contributed by atoms with Crippen LogP contribution in [0, 0.1) is 0 Å². The van der Waals surface area contributed by atoms with Crippen molar-refractivity contribution < 1.29 is 4.57 Å². The summed E-state index contributed by atoms with van der Waals surface area (Å²) in [6, 6.07) is 19.8. The van der Waals surface area contributed by atoms with Crippen LogP contribution >= 0.6 is 30.7 Å². The Balaban J connectivity index is 2.16. The van der Waals surface area contributed by atoms with Gasteiger partial charge in [-0.15, -0.1) is 23.5 Å². The maximum Gasteiger partial charge on any atom is 0.177 e. The lowest BCUT2D eigenvalue weighted by Crippen LogP contribution is -2.16. The van der Waals surface area contributed by atoms with Gasteiger partial charge in [-0.2, -0.15) is 0 Å². The number of thioether (sulfide) groups is 2. The highest BCUT2D eigenvalue weighted by Gasteiger charge is 2.32. The molecule has 2 aromatic rings. The molecule has 0 aromatic heterocycles. The van der Waals surface area contributed by atoms with Gasteiger partial charge < -0.3 is 4.57 Å². The number of benzene rings is 2. The van der Waals surface area contributed by atoms with E-state index in [4.69, 9.17) is 0 Å². The van der Waals surface area contributed by atoms with Crippen LogP contribution < -0.4 is 10.6 Å². The van der Waals surface area contributed by atoms with Gasteiger partial charge in [0.1, 0.15) is 0 Å². The molecule has 1 heterocycles. The summed E-state index contributed by atoms with van der Waals surface area (Å²) in [6.07, 6.45) is 1.17. The largest absolute Gasteiger partial charge is 0.308 e. The van der Waals surface area contributed by atoms with E-state index in [0.717, 1.165) is 26.8 Å². The van der Waals surface area contributed by atoms with Crippen molar-refractivity contribution in [2.75, 3.05) is 11.5 Å². The quantitative estimate of drug-likeness (QED) is 0.760. The Morgan fingerprint density at radius 1 is 0.810 bits per heavy atom. The Morgan fingerprint density at radius 3 is 1.95 bits per heavy atom. The second-order valence-corrected chi connectivity index (χ2v) is 9.96. The van der Waals surface area contributed by atoms with Gasteiger partial charge in [0, 0.05) is 10.6 Å². The number of rotatable bonds is 3. The zero-order valence-electron chi connectivity index (χ0n) is 11.6. The molecule has 3 rings (SSSR count). The molecular weight excluding hydrogens is 315 g/mol. The Bertz CT molecular complexity index is 624. The van der Waals surface area contributed by atoms with Gasteiger partial charge in [0.05, 0.1) is 4.65 Å². The monoisotopic (exact) mass is 332 g/mol. The van der Waals surface area contributed by atoms with Crippen molar-refractivity contribution in [2.45, 2.75) is 6.42 Å². The summed E-state index contributed by atoms with van der Waals surface area (Å²) in [4.78, 5) is 0. The van der Waals surface area contributed by atoms with Gasteiger partial charge in [-0.05, 0) is 23.3 Å². The van der Waals surface area contributed by atoms with Crippen LogP contribution in [-0.4, -0.2) is 11.5 Å². The third-order valence-electron chi connectivity index (χ3n) is 3.39. The minimum Gasteiger partial charge on any atom is -0.308 e. The zero-order chi connectivity index (χ0) is 14.5. The molecule has 0 atom stereocenters. The second-order valence-electron chi connectivity index (χ2n) is 4.81. The smallest absolute Gasteiger partial charge is 0.177 e. The van der Waals surface area contributed by atoms with Gasteiger partial charge in [0.25, 0.3) is 0 Å². The van der Waals surface area contributed by atoms with Gasteiger partial charge in [0.15, 0.2) is 7.14 Å². The van der Waals surface area contributed by atoms with E-state index in [2.05, 4.69) is 5.41 Å². The molecule has 2 aromatic carbocycles. The average molecular weight is 332 g/mol. The lowest BCUT2D eigenvalue weighted by molar-refractivity contribution is 0.592. The third kappa shape index (κ3) is 3.15. The summed E-state index contributed by atoms with van der Waals surface area (Å²) >= 11 is 3.54. The first-order chi connectivity index (χ1) is 10.3. The highest BCUT2D eigenvalue weighted by atomic mass is 32.2. The summed E-state index contributed by atoms with van der Waals surface area (Å²) < 4.78 is 15.1. The molecule has 0 unspecified atom stereocenters. The molecule has 0 N–H and O–H groups in total. The molecule has 0 amide bonds. The summed E-state index contributed by atoms with van der Waals surface area (Å²) in [6.45, 7) is 0. The molecule has 1 aliphatic rings. The van der Waals surface area contributed by atoms with Crippen molar-refractivity contribution in [3.05, 3.63) is 70.7 Å². The summed E-state index contributed by atoms with van der Waals surface area (Å²) in [5, 5.41) is 3.98. The molecule has 1 aliphatic heterocycles. The van der Waals surface area contributed by atoms with Crippen LogP contribution in [0.2, 0.25) is 0 Å². The van der Waals surface area contributed by atoms with Crippen LogP contribution in [0.5, 0.6) is 0 Å². The fourth-order valence-electron chi connectivity index (χ4n) is 2.33. The number of hydrogen-bond acceptors (Lipinski definition) is 3. The maximum absolute atomic E-state index is 14.0. The van der Waals surface area contributed by atoms with Gasteiger partial charge in [-0.1, -0.05) is 60.7 Å². The fraction of sp³-hybridized carbons (Fsp3) is 0.176. The molecule has 0 saturated heterocycles. The van der Waals surface area contributed by atoms with Crippen LogP contribution in [0.1, 0.15) is 6.42 Å². The molecule has 0 aliphatic carbocycles. The predicted octanol–water partition coefficient (Wildman–Crippen LogP) is 4.67. The van der Waals surface area contributed by atoms with Crippen LogP contribution in [0.15, 0.2) is 70.7 Å². The van der Waals surface area contributed by atoms with Crippen molar-refractivity contribution in [1.82, 2.24) is 0 Å². The van der Waals surface area contributed by atoms with E-state index in [1.54, 1.807) is 23.5 Å². The highest BCUT2D eigenvalue weighted by molar-refractivity contribution is 8.15. The van der Waals surface area contributed by atoms with Crippen molar-refractivity contribution in [3.8, 4) is 0 Å². The lowest BCUT2D eigenvalue weighted by Gasteiger charge is -2.21. The maximum atomic E-state index is 14.0. The Morgan fingerprint density at radius 2 is 1.38 bits per heavy atom. The lowest BCUT2D eigenvalue weighted by atomic mass is 10.4.